The molecule has 1 amide bonds. The Labute approximate surface area is 173 Å². The van der Waals surface area contributed by atoms with Crippen molar-refractivity contribution in [1.29, 1.82) is 0 Å². The van der Waals surface area contributed by atoms with Crippen molar-refractivity contribution in [3.63, 3.8) is 0 Å². The molecule has 3 aromatic carbocycles. The highest BCUT2D eigenvalue weighted by atomic mass is 32.2. The number of halogens is 2. The van der Waals surface area contributed by atoms with Gasteiger partial charge in [-0.25, -0.2) is 17.2 Å². The molecule has 1 aliphatic rings. The molecule has 0 saturated heterocycles. The monoisotopic (exact) mass is 428 g/mol. The van der Waals surface area contributed by atoms with Gasteiger partial charge in [0.15, 0.2) is 11.6 Å². The van der Waals surface area contributed by atoms with Crippen LogP contribution in [0.25, 0.3) is 11.1 Å². The van der Waals surface area contributed by atoms with Crippen molar-refractivity contribution in [1.82, 2.24) is 0 Å². The number of anilines is 2. The number of hydrogen-bond acceptors (Lipinski definition) is 3. The summed E-state index contributed by atoms with van der Waals surface area (Å²) in [5.41, 5.74) is 2.77. The Morgan fingerprint density at radius 2 is 1.73 bits per heavy atom. The van der Waals surface area contributed by atoms with Gasteiger partial charge in [-0.2, -0.15) is 0 Å². The van der Waals surface area contributed by atoms with Crippen LogP contribution in [-0.4, -0.2) is 20.9 Å². The van der Waals surface area contributed by atoms with Crippen LogP contribution in [0.15, 0.2) is 65.6 Å². The molecule has 1 aliphatic heterocycles. The first kappa shape index (κ1) is 20.0. The molecule has 0 radical (unpaired) electrons. The second-order valence-electron chi connectivity index (χ2n) is 6.89. The third-order valence-electron chi connectivity index (χ3n) is 4.97. The van der Waals surface area contributed by atoms with Gasteiger partial charge in [0.2, 0.25) is 5.91 Å². The molecule has 0 atom stereocenters. The molecular formula is C22H18F2N2O3S. The highest BCUT2D eigenvalue weighted by Crippen LogP contribution is 2.43. The third-order valence-corrected chi connectivity index (χ3v) is 6.79. The number of carbonyl (C=O) groups excluding carboxylic acids is 1. The summed E-state index contributed by atoms with van der Waals surface area (Å²) in [5.74, 6) is -2.82. The van der Waals surface area contributed by atoms with Crippen LogP contribution < -0.4 is 9.62 Å². The van der Waals surface area contributed by atoms with Crippen LogP contribution >= 0.6 is 0 Å². The van der Waals surface area contributed by atoms with E-state index in [9.17, 15) is 22.0 Å². The Kier molecular flexibility index (Phi) is 5.03. The number of amides is 1. The fraction of sp³-hybridized carbons (Fsp3) is 0.136. The van der Waals surface area contributed by atoms with Gasteiger partial charge in [0.05, 0.1) is 10.6 Å². The maximum Gasteiger partial charge on any atom is 0.265 e. The lowest BCUT2D eigenvalue weighted by Crippen LogP contribution is -2.40. The summed E-state index contributed by atoms with van der Waals surface area (Å²) in [7, 11) is -3.98. The lowest BCUT2D eigenvalue weighted by molar-refractivity contribution is -0.114. The molecule has 4 rings (SSSR count). The van der Waals surface area contributed by atoms with Gasteiger partial charge in [0, 0.05) is 22.9 Å². The number of carbonyl (C=O) groups is 1. The summed E-state index contributed by atoms with van der Waals surface area (Å²) in [6.45, 7) is 1.49. The minimum Gasteiger partial charge on any atom is -0.324 e. The SMILES string of the molecule is CCc1ccc2c(c1)-c1ccccc1S(=O)(=O)N2CC(=O)Nc1ccc(F)c(F)c1. The fourth-order valence-corrected chi connectivity index (χ4v) is 5.12. The number of hydrogen-bond donors (Lipinski definition) is 1. The normalized spacial score (nSPS) is 14.0. The van der Waals surface area contributed by atoms with Crippen LogP contribution in [0, 0.1) is 11.6 Å². The number of rotatable bonds is 4. The van der Waals surface area contributed by atoms with Crippen molar-refractivity contribution in [2.75, 3.05) is 16.2 Å². The summed E-state index contributed by atoms with van der Waals surface area (Å²) < 4.78 is 54.0. The van der Waals surface area contributed by atoms with E-state index >= 15 is 0 Å². The molecule has 5 nitrogen and oxygen atoms in total. The predicted molar refractivity (Wildman–Crippen MR) is 111 cm³/mol. The van der Waals surface area contributed by atoms with Crippen molar-refractivity contribution in [3.05, 3.63) is 77.9 Å². The lowest BCUT2D eigenvalue weighted by atomic mass is 9.99. The standard InChI is InChI=1S/C22H18F2N2O3S/c1-2-14-7-10-20-17(11-14)16-5-3-4-6-21(16)30(28,29)26(20)13-22(27)25-15-8-9-18(23)19(24)12-15/h3-12H,2,13H2,1H3,(H,25,27). The molecule has 1 heterocycles. The van der Waals surface area contributed by atoms with Crippen molar-refractivity contribution in [3.8, 4) is 11.1 Å². The Hall–Kier alpha value is -3.26. The minimum atomic E-state index is -3.98. The van der Waals surface area contributed by atoms with Gasteiger partial charge in [0.1, 0.15) is 6.54 Å². The maximum atomic E-state index is 13.4. The first-order valence-electron chi connectivity index (χ1n) is 9.31. The summed E-state index contributed by atoms with van der Waals surface area (Å²) in [6.07, 6.45) is 0.777. The van der Waals surface area contributed by atoms with E-state index in [1.165, 1.54) is 12.1 Å². The average Bonchev–Trinajstić information content (AvgIpc) is 2.73. The van der Waals surface area contributed by atoms with Gasteiger partial charge in [-0.15, -0.1) is 0 Å². The molecule has 0 unspecified atom stereocenters. The Morgan fingerprint density at radius 3 is 2.47 bits per heavy atom. The molecule has 0 aliphatic carbocycles. The molecular weight excluding hydrogens is 410 g/mol. The van der Waals surface area contributed by atoms with Crippen LogP contribution in [0.1, 0.15) is 12.5 Å². The molecule has 8 heteroatoms. The second-order valence-corrected chi connectivity index (χ2v) is 8.72. The largest absolute Gasteiger partial charge is 0.324 e. The Morgan fingerprint density at radius 1 is 0.967 bits per heavy atom. The van der Waals surface area contributed by atoms with E-state index in [2.05, 4.69) is 5.32 Å². The highest BCUT2D eigenvalue weighted by molar-refractivity contribution is 7.93. The van der Waals surface area contributed by atoms with Gasteiger partial charge in [-0.3, -0.25) is 9.10 Å². The first-order valence-corrected chi connectivity index (χ1v) is 10.7. The van der Waals surface area contributed by atoms with Crippen LogP contribution in [0.4, 0.5) is 20.2 Å². The number of fused-ring (bicyclic) bond motifs is 3. The summed E-state index contributed by atoms with van der Waals surface area (Å²) in [4.78, 5) is 12.7. The topological polar surface area (TPSA) is 66.5 Å². The molecule has 0 fully saturated rings. The van der Waals surface area contributed by atoms with Gasteiger partial charge >= 0.3 is 0 Å². The van der Waals surface area contributed by atoms with E-state index in [1.807, 2.05) is 19.1 Å². The quantitative estimate of drug-likeness (QED) is 0.672. The zero-order valence-corrected chi connectivity index (χ0v) is 16.8. The Bertz CT molecular complexity index is 1260. The predicted octanol–water partition coefficient (Wildman–Crippen LogP) is 4.34. The number of nitrogens with zero attached hydrogens (tertiary/aromatic N) is 1. The van der Waals surface area contributed by atoms with E-state index < -0.39 is 34.1 Å². The smallest absolute Gasteiger partial charge is 0.265 e. The zero-order chi connectivity index (χ0) is 21.5. The highest BCUT2D eigenvalue weighted by Gasteiger charge is 2.35. The third kappa shape index (κ3) is 3.43. The first-order chi connectivity index (χ1) is 14.3. The van der Waals surface area contributed by atoms with Crippen molar-refractivity contribution in [2.45, 2.75) is 18.2 Å². The summed E-state index contributed by atoms with van der Waals surface area (Å²) >= 11 is 0. The molecule has 0 spiro atoms. The second kappa shape index (κ2) is 7.53. The lowest BCUT2D eigenvalue weighted by Gasteiger charge is -2.32. The van der Waals surface area contributed by atoms with Crippen LogP contribution in [-0.2, 0) is 21.2 Å². The maximum absolute atomic E-state index is 13.4. The molecule has 0 aromatic heterocycles. The van der Waals surface area contributed by atoms with Crippen molar-refractivity contribution in [2.24, 2.45) is 0 Å². The Balaban J connectivity index is 1.72. The molecule has 3 aromatic rings. The van der Waals surface area contributed by atoms with Gasteiger partial charge in [-0.1, -0.05) is 31.2 Å². The van der Waals surface area contributed by atoms with Crippen molar-refractivity contribution >= 4 is 27.3 Å². The molecule has 1 N–H and O–H groups in total. The average molecular weight is 428 g/mol. The van der Waals surface area contributed by atoms with E-state index in [4.69, 9.17) is 0 Å². The van der Waals surface area contributed by atoms with E-state index in [0.29, 0.717) is 11.3 Å². The number of nitrogens with one attached hydrogen (secondary N) is 1. The van der Waals surface area contributed by atoms with E-state index in [0.717, 1.165) is 34.0 Å². The van der Waals surface area contributed by atoms with Crippen LogP contribution in [0.3, 0.4) is 0 Å². The van der Waals surface area contributed by atoms with E-state index in [-0.39, 0.29) is 10.6 Å². The van der Waals surface area contributed by atoms with Crippen LogP contribution in [0.2, 0.25) is 0 Å². The van der Waals surface area contributed by atoms with Gasteiger partial charge in [-0.05, 0) is 42.3 Å². The molecule has 0 bridgehead atoms. The summed E-state index contributed by atoms with van der Waals surface area (Å²) in [6, 6.07) is 15.0. The van der Waals surface area contributed by atoms with Gasteiger partial charge in [0.25, 0.3) is 10.0 Å². The molecule has 30 heavy (non-hydrogen) atoms. The van der Waals surface area contributed by atoms with Gasteiger partial charge < -0.3 is 5.32 Å². The van der Waals surface area contributed by atoms with Crippen LogP contribution in [0.5, 0.6) is 0 Å². The van der Waals surface area contributed by atoms with E-state index in [1.54, 1.807) is 24.3 Å². The zero-order valence-electron chi connectivity index (χ0n) is 16.0. The number of aryl methyl sites for hydroxylation is 1. The minimum absolute atomic E-state index is 0.0373. The fourth-order valence-electron chi connectivity index (χ4n) is 3.47. The number of benzene rings is 3. The van der Waals surface area contributed by atoms with Crippen molar-refractivity contribution < 1.29 is 22.0 Å². The number of sulfonamides is 1. The molecule has 154 valence electrons. The molecule has 0 saturated carbocycles. The summed E-state index contributed by atoms with van der Waals surface area (Å²) in [5, 5.41) is 2.42.